The first-order valence-corrected chi connectivity index (χ1v) is 9.58. The first-order chi connectivity index (χ1) is 11.9. The summed E-state index contributed by atoms with van der Waals surface area (Å²) in [7, 11) is -2.19. The van der Waals surface area contributed by atoms with Crippen molar-refractivity contribution in [2.75, 3.05) is 4.72 Å². The molecule has 0 aliphatic carbocycles. The van der Waals surface area contributed by atoms with Gasteiger partial charge in [0.15, 0.2) is 0 Å². The monoisotopic (exact) mass is 375 g/mol. The zero-order chi connectivity index (χ0) is 18.0. The third-order valence-corrected chi connectivity index (χ3v) is 5.90. The van der Waals surface area contributed by atoms with Crippen molar-refractivity contribution in [2.24, 2.45) is 7.05 Å². The van der Waals surface area contributed by atoms with Gasteiger partial charge in [0.25, 0.3) is 10.0 Å². The largest absolute Gasteiger partial charge is 0.279 e. The Morgan fingerprint density at radius 1 is 1.04 bits per heavy atom. The Morgan fingerprint density at radius 2 is 1.64 bits per heavy atom. The number of benzene rings is 2. The van der Waals surface area contributed by atoms with Gasteiger partial charge in [-0.15, -0.1) is 0 Å². The second kappa shape index (κ2) is 6.90. The van der Waals surface area contributed by atoms with Crippen LogP contribution in [0.5, 0.6) is 0 Å². The normalized spacial score (nSPS) is 11.5. The summed E-state index contributed by atoms with van der Waals surface area (Å²) in [6, 6.07) is 17.4. The fourth-order valence-corrected chi connectivity index (χ4v) is 4.46. The highest BCUT2D eigenvalue weighted by Crippen LogP contribution is 2.26. The van der Waals surface area contributed by atoms with Crippen LogP contribution < -0.4 is 4.72 Å². The van der Waals surface area contributed by atoms with Crippen molar-refractivity contribution in [1.29, 1.82) is 0 Å². The van der Waals surface area contributed by atoms with E-state index in [1.54, 1.807) is 26.1 Å². The molecule has 0 amide bonds. The molecule has 25 heavy (non-hydrogen) atoms. The highest BCUT2D eigenvalue weighted by molar-refractivity contribution is 7.92. The molecule has 1 heterocycles. The maximum atomic E-state index is 12.6. The molecule has 2 aromatic carbocycles. The predicted molar refractivity (Wildman–Crippen MR) is 99.5 cm³/mol. The number of nitrogens with one attached hydrogen (secondary N) is 1. The van der Waals surface area contributed by atoms with Gasteiger partial charge in [-0.05, 0) is 36.6 Å². The molecule has 0 saturated carbocycles. The van der Waals surface area contributed by atoms with Crippen molar-refractivity contribution in [1.82, 2.24) is 9.78 Å². The molecule has 0 aliphatic rings. The van der Waals surface area contributed by atoms with Gasteiger partial charge in [0.2, 0.25) is 0 Å². The summed E-state index contributed by atoms with van der Waals surface area (Å²) in [6.45, 7) is 1.61. The number of sulfonamides is 1. The molecule has 0 atom stereocenters. The van der Waals surface area contributed by atoms with Crippen LogP contribution in [0.1, 0.15) is 16.8 Å². The Balaban J connectivity index is 1.79. The molecule has 0 saturated heterocycles. The van der Waals surface area contributed by atoms with Crippen molar-refractivity contribution < 1.29 is 8.42 Å². The molecule has 0 unspecified atom stereocenters. The minimum Gasteiger partial charge on any atom is -0.279 e. The van der Waals surface area contributed by atoms with Gasteiger partial charge >= 0.3 is 0 Å². The van der Waals surface area contributed by atoms with Gasteiger partial charge in [0.05, 0.1) is 5.69 Å². The van der Waals surface area contributed by atoms with Crippen molar-refractivity contribution in [2.45, 2.75) is 18.2 Å². The average molecular weight is 376 g/mol. The van der Waals surface area contributed by atoms with Crippen molar-refractivity contribution >= 4 is 27.3 Å². The van der Waals surface area contributed by atoms with Crippen LogP contribution in [0.3, 0.4) is 0 Å². The molecule has 0 spiro atoms. The molecule has 0 fully saturated rings. The van der Waals surface area contributed by atoms with Crippen molar-refractivity contribution in [3.63, 3.8) is 0 Å². The van der Waals surface area contributed by atoms with Crippen LogP contribution in [0.4, 0.5) is 5.69 Å². The predicted octanol–water partition coefficient (Wildman–Crippen LogP) is 3.77. The molecule has 0 aliphatic heterocycles. The second-order valence-corrected chi connectivity index (χ2v) is 7.77. The zero-order valence-corrected chi connectivity index (χ0v) is 15.5. The summed E-state index contributed by atoms with van der Waals surface area (Å²) in [5, 5.41) is 4.13. The van der Waals surface area contributed by atoms with Gasteiger partial charge in [0, 0.05) is 12.7 Å². The lowest BCUT2D eigenvalue weighted by Gasteiger charge is -2.09. The van der Waals surface area contributed by atoms with Crippen LogP contribution in [0, 0.1) is 6.92 Å². The van der Waals surface area contributed by atoms with Crippen LogP contribution >= 0.6 is 11.6 Å². The van der Waals surface area contributed by atoms with Crippen LogP contribution in [-0.4, -0.2) is 18.2 Å². The molecule has 5 nitrogen and oxygen atoms in total. The quantitative estimate of drug-likeness (QED) is 0.738. The second-order valence-electron chi connectivity index (χ2n) is 5.79. The van der Waals surface area contributed by atoms with Gasteiger partial charge < -0.3 is 0 Å². The minimum absolute atomic E-state index is 0.00466. The molecule has 130 valence electrons. The number of hydrogen-bond donors (Lipinski definition) is 1. The number of aromatic nitrogens is 2. The summed E-state index contributed by atoms with van der Waals surface area (Å²) in [5.41, 5.74) is 3.15. The summed E-state index contributed by atoms with van der Waals surface area (Å²) in [6.07, 6.45) is 0.793. The van der Waals surface area contributed by atoms with Crippen molar-refractivity contribution in [3.8, 4) is 0 Å². The summed E-state index contributed by atoms with van der Waals surface area (Å²) < 4.78 is 29.1. The van der Waals surface area contributed by atoms with Crippen molar-refractivity contribution in [3.05, 3.63) is 76.6 Å². The van der Waals surface area contributed by atoms with Gasteiger partial charge in [-0.2, -0.15) is 5.10 Å². The van der Waals surface area contributed by atoms with E-state index in [-0.39, 0.29) is 10.0 Å². The SMILES string of the molecule is Cc1nn(C)c(Cl)c1S(=O)(=O)Nc1ccc(Cc2ccccc2)cc1. The lowest BCUT2D eigenvalue weighted by atomic mass is 10.1. The Hall–Kier alpha value is -2.31. The number of rotatable bonds is 5. The van der Waals surface area contributed by atoms with E-state index in [4.69, 9.17) is 11.6 Å². The molecular weight excluding hydrogens is 358 g/mol. The molecular formula is C18H18ClN3O2S. The summed E-state index contributed by atoms with van der Waals surface area (Å²) >= 11 is 6.06. The smallest absolute Gasteiger partial charge is 0.266 e. The maximum absolute atomic E-state index is 12.6. The van der Waals surface area contributed by atoms with E-state index in [0.717, 1.165) is 12.0 Å². The third kappa shape index (κ3) is 3.86. The summed E-state index contributed by atoms with van der Waals surface area (Å²) in [4.78, 5) is 0.00466. The fraction of sp³-hybridized carbons (Fsp3) is 0.167. The van der Waals surface area contributed by atoms with Gasteiger partial charge in [-0.25, -0.2) is 8.42 Å². The Kier molecular flexibility index (Phi) is 4.83. The van der Waals surface area contributed by atoms with E-state index >= 15 is 0 Å². The third-order valence-electron chi connectivity index (χ3n) is 3.83. The van der Waals surface area contributed by atoms with E-state index in [9.17, 15) is 8.42 Å². The molecule has 7 heteroatoms. The van der Waals surface area contributed by atoms with Gasteiger partial charge in [-0.1, -0.05) is 54.1 Å². The average Bonchev–Trinajstić information content (AvgIpc) is 2.83. The number of nitrogens with zero attached hydrogens (tertiary/aromatic N) is 2. The molecule has 3 aromatic rings. The highest BCUT2D eigenvalue weighted by atomic mass is 35.5. The molecule has 1 N–H and O–H groups in total. The van der Waals surface area contributed by atoms with E-state index < -0.39 is 10.0 Å². The highest BCUT2D eigenvalue weighted by Gasteiger charge is 2.25. The van der Waals surface area contributed by atoms with Crippen LogP contribution in [-0.2, 0) is 23.5 Å². The summed E-state index contributed by atoms with van der Waals surface area (Å²) in [5.74, 6) is 0. The number of anilines is 1. The first-order valence-electron chi connectivity index (χ1n) is 7.71. The first kappa shape index (κ1) is 17.5. The lowest BCUT2D eigenvalue weighted by molar-refractivity contribution is 0.600. The van der Waals surface area contributed by atoms with Crippen LogP contribution in [0.2, 0.25) is 5.15 Å². The number of hydrogen-bond acceptors (Lipinski definition) is 3. The minimum atomic E-state index is -3.79. The molecule has 0 bridgehead atoms. The van der Waals surface area contributed by atoms with Gasteiger partial charge in [0.1, 0.15) is 10.0 Å². The number of aryl methyl sites for hydroxylation is 2. The van der Waals surface area contributed by atoms with Gasteiger partial charge in [-0.3, -0.25) is 9.40 Å². The van der Waals surface area contributed by atoms with E-state index in [2.05, 4.69) is 22.0 Å². The Labute approximate surface area is 152 Å². The molecule has 0 radical (unpaired) electrons. The zero-order valence-electron chi connectivity index (χ0n) is 13.9. The maximum Gasteiger partial charge on any atom is 0.266 e. The molecule has 3 rings (SSSR count). The molecule has 1 aromatic heterocycles. The van der Waals surface area contributed by atoms with E-state index in [1.807, 2.05) is 30.3 Å². The van der Waals surface area contributed by atoms with Crippen LogP contribution in [0.25, 0.3) is 0 Å². The lowest BCUT2D eigenvalue weighted by Crippen LogP contribution is -2.14. The van der Waals surface area contributed by atoms with E-state index in [1.165, 1.54) is 10.2 Å². The fourth-order valence-electron chi connectivity index (χ4n) is 2.64. The Bertz CT molecular complexity index is 981. The topological polar surface area (TPSA) is 64.0 Å². The van der Waals surface area contributed by atoms with Crippen LogP contribution in [0.15, 0.2) is 59.5 Å². The van der Waals surface area contributed by atoms with E-state index in [0.29, 0.717) is 11.4 Å². The standard InChI is InChI=1S/C18H18ClN3O2S/c1-13-17(18(19)22(2)20-13)25(23,24)21-16-10-8-15(9-11-16)12-14-6-4-3-5-7-14/h3-11,21H,12H2,1-2H3. The Morgan fingerprint density at radius 3 is 2.20 bits per heavy atom. The number of halogens is 1.